The van der Waals surface area contributed by atoms with Gasteiger partial charge in [0.1, 0.15) is 5.75 Å². The standard InChI is InChI=1S/C20H32O3S/c1-19(2,3)15-11-14(9-8-10-24-13-17(21)23-7)12-16(18(15)22)20(4,5)6/h11-12,22H,8-10,13H2,1-7H3. The number of rotatable bonds is 6. The summed E-state index contributed by atoms with van der Waals surface area (Å²) in [6.07, 6.45) is 1.94. The summed E-state index contributed by atoms with van der Waals surface area (Å²) in [5, 5.41) is 10.7. The minimum absolute atomic E-state index is 0.0975. The molecule has 0 atom stereocenters. The van der Waals surface area contributed by atoms with Crippen LogP contribution >= 0.6 is 11.8 Å². The SMILES string of the molecule is COC(=O)CSCCCc1cc(C(C)(C)C)c(O)c(C(C)(C)C)c1. The number of phenolic OH excluding ortho intramolecular Hbond substituents is 1. The lowest BCUT2D eigenvalue weighted by Crippen LogP contribution is -2.18. The lowest BCUT2D eigenvalue weighted by molar-refractivity contribution is -0.137. The van der Waals surface area contributed by atoms with Crippen LogP contribution in [0, 0.1) is 0 Å². The Labute approximate surface area is 151 Å². The van der Waals surface area contributed by atoms with E-state index in [1.54, 1.807) is 11.8 Å². The summed E-state index contributed by atoms with van der Waals surface area (Å²) in [6.45, 7) is 12.8. The predicted octanol–water partition coefficient (Wildman–Crippen LogP) is 4.83. The first-order chi connectivity index (χ1) is 11.0. The molecule has 0 aromatic heterocycles. The van der Waals surface area contributed by atoms with Crippen LogP contribution in [0.5, 0.6) is 5.75 Å². The van der Waals surface area contributed by atoms with Crippen LogP contribution < -0.4 is 0 Å². The van der Waals surface area contributed by atoms with Crippen LogP contribution in [0.1, 0.15) is 64.7 Å². The molecule has 0 aliphatic carbocycles. The van der Waals surface area contributed by atoms with Crippen molar-refractivity contribution in [2.75, 3.05) is 18.6 Å². The van der Waals surface area contributed by atoms with Gasteiger partial charge in [-0.25, -0.2) is 0 Å². The topological polar surface area (TPSA) is 46.5 Å². The smallest absolute Gasteiger partial charge is 0.315 e. The Morgan fingerprint density at radius 2 is 1.58 bits per heavy atom. The Morgan fingerprint density at radius 3 is 2.00 bits per heavy atom. The molecule has 0 aliphatic heterocycles. The van der Waals surface area contributed by atoms with Crippen molar-refractivity contribution in [1.82, 2.24) is 0 Å². The zero-order chi connectivity index (χ0) is 18.5. The molecule has 1 rings (SSSR count). The molecule has 4 heteroatoms. The summed E-state index contributed by atoms with van der Waals surface area (Å²) in [4.78, 5) is 11.1. The van der Waals surface area contributed by atoms with Crippen molar-refractivity contribution in [2.24, 2.45) is 0 Å². The fourth-order valence-corrected chi connectivity index (χ4v) is 3.35. The number of benzene rings is 1. The molecule has 1 aromatic rings. The van der Waals surface area contributed by atoms with E-state index in [1.165, 1.54) is 12.7 Å². The molecular weight excluding hydrogens is 320 g/mol. The zero-order valence-electron chi connectivity index (χ0n) is 16.2. The second-order valence-corrected chi connectivity index (χ2v) is 9.38. The highest BCUT2D eigenvalue weighted by Gasteiger charge is 2.26. The van der Waals surface area contributed by atoms with Crippen LogP contribution in [0.2, 0.25) is 0 Å². The molecule has 0 saturated heterocycles. The molecule has 136 valence electrons. The number of hydrogen-bond acceptors (Lipinski definition) is 4. The third-order valence-corrected chi connectivity index (χ3v) is 5.00. The van der Waals surface area contributed by atoms with E-state index < -0.39 is 0 Å². The van der Waals surface area contributed by atoms with E-state index in [9.17, 15) is 9.90 Å². The van der Waals surface area contributed by atoms with Crippen molar-refractivity contribution in [3.8, 4) is 5.75 Å². The summed E-state index contributed by atoms with van der Waals surface area (Å²) < 4.78 is 4.65. The molecule has 0 aliphatic rings. The number of aromatic hydroxyl groups is 1. The Bertz CT molecular complexity index is 530. The molecule has 1 N–H and O–H groups in total. The maximum atomic E-state index is 11.1. The Kier molecular flexibility index (Phi) is 7.21. The number of methoxy groups -OCH3 is 1. The maximum Gasteiger partial charge on any atom is 0.315 e. The average Bonchev–Trinajstić information content (AvgIpc) is 2.45. The summed E-state index contributed by atoms with van der Waals surface area (Å²) in [6, 6.07) is 4.27. The molecule has 1 aromatic carbocycles. The van der Waals surface area contributed by atoms with Gasteiger partial charge in [0.2, 0.25) is 0 Å². The van der Waals surface area contributed by atoms with E-state index in [0.29, 0.717) is 11.5 Å². The summed E-state index contributed by atoms with van der Waals surface area (Å²) in [5.74, 6) is 1.59. The molecular formula is C20H32O3S. The van der Waals surface area contributed by atoms with Crippen LogP contribution in [-0.2, 0) is 26.8 Å². The highest BCUT2D eigenvalue weighted by atomic mass is 32.2. The molecule has 24 heavy (non-hydrogen) atoms. The molecule has 0 unspecified atom stereocenters. The second kappa shape index (κ2) is 8.28. The van der Waals surface area contributed by atoms with Gasteiger partial charge < -0.3 is 9.84 Å². The van der Waals surface area contributed by atoms with Crippen molar-refractivity contribution in [2.45, 2.75) is 65.2 Å². The first-order valence-electron chi connectivity index (χ1n) is 8.48. The minimum Gasteiger partial charge on any atom is -0.507 e. The number of thioether (sulfide) groups is 1. The van der Waals surface area contributed by atoms with E-state index in [2.05, 4.69) is 58.4 Å². The average molecular weight is 353 g/mol. The lowest BCUT2D eigenvalue weighted by atomic mass is 9.78. The van der Waals surface area contributed by atoms with Crippen LogP contribution in [-0.4, -0.2) is 29.7 Å². The molecule has 0 radical (unpaired) electrons. The molecule has 0 bridgehead atoms. The zero-order valence-corrected chi connectivity index (χ0v) is 17.0. The Morgan fingerprint density at radius 1 is 1.08 bits per heavy atom. The molecule has 3 nitrogen and oxygen atoms in total. The fraction of sp³-hybridized carbons (Fsp3) is 0.650. The molecule has 0 heterocycles. The summed E-state index contributed by atoms with van der Waals surface area (Å²) in [5.41, 5.74) is 3.07. The van der Waals surface area contributed by atoms with E-state index in [4.69, 9.17) is 0 Å². The van der Waals surface area contributed by atoms with Gasteiger partial charge >= 0.3 is 5.97 Å². The Balaban J connectivity index is 2.89. The molecule has 0 amide bonds. The van der Waals surface area contributed by atoms with Crippen molar-refractivity contribution >= 4 is 17.7 Å². The monoisotopic (exact) mass is 352 g/mol. The highest BCUT2D eigenvalue weighted by Crippen LogP contribution is 2.40. The first-order valence-corrected chi connectivity index (χ1v) is 9.63. The number of esters is 1. The van der Waals surface area contributed by atoms with E-state index in [1.807, 2.05) is 0 Å². The maximum absolute atomic E-state index is 11.1. The van der Waals surface area contributed by atoms with E-state index in [0.717, 1.165) is 29.7 Å². The molecule has 0 fully saturated rings. The number of ether oxygens (including phenoxy) is 1. The highest BCUT2D eigenvalue weighted by molar-refractivity contribution is 7.99. The van der Waals surface area contributed by atoms with Crippen molar-refractivity contribution in [1.29, 1.82) is 0 Å². The van der Waals surface area contributed by atoms with Gasteiger partial charge in [0.25, 0.3) is 0 Å². The number of hydrogen-bond donors (Lipinski definition) is 1. The van der Waals surface area contributed by atoms with Crippen molar-refractivity contribution in [3.63, 3.8) is 0 Å². The van der Waals surface area contributed by atoms with Crippen LogP contribution in [0.25, 0.3) is 0 Å². The summed E-state index contributed by atoms with van der Waals surface area (Å²) in [7, 11) is 1.42. The van der Waals surface area contributed by atoms with E-state index in [-0.39, 0.29) is 16.8 Å². The van der Waals surface area contributed by atoms with Gasteiger partial charge in [-0.05, 0) is 46.1 Å². The minimum atomic E-state index is -0.172. The van der Waals surface area contributed by atoms with Crippen LogP contribution in [0.15, 0.2) is 12.1 Å². The van der Waals surface area contributed by atoms with Gasteiger partial charge in [0.15, 0.2) is 0 Å². The van der Waals surface area contributed by atoms with Gasteiger partial charge in [-0.1, -0.05) is 53.7 Å². The molecule has 0 saturated carbocycles. The van der Waals surface area contributed by atoms with Crippen LogP contribution in [0.4, 0.5) is 0 Å². The van der Waals surface area contributed by atoms with E-state index >= 15 is 0 Å². The molecule has 0 spiro atoms. The number of aryl methyl sites for hydroxylation is 1. The van der Waals surface area contributed by atoms with Crippen molar-refractivity contribution in [3.05, 3.63) is 28.8 Å². The normalized spacial score (nSPS) is 12.3. The number of carbonyl (C=O) groups excluding carboxylic acids is 1. The van der Waals surface area contributed by atoms with Crippen molar-refractivity contribution < 1.29 is 14.6 Å². The largest absolute Gasteiger partial charge is 0.507 e. The Hall–Kier alpha value is -1.16. The van der Waals surface area contributed by atoms with Gasteiger partial charge in [-0.15, -0.1) is 0 Å². The van der Waals surface area contributed by atoms with Gasteiger partial charge in [0, 0.05) is 0 Å². The summed E-state index contributed by atoms with van der Waals surface area (Å²) >= 11 is 1.60. The third kappa shape index (κ3) is 6.04. The number of carbonyl (C=O) groups is 1. The quantitative estimate of drug-likeness (QED) is 0.588. The lowest BCUT2D eigenvalue weighted by Gasteiger charge is -2.28. The predicted molar refractivity (Wildman–Crippen MR) is 103 cm³/mol. The van der Waals surface area contributed by atoms with Gasteiger partial charge in [-0.3, -0.25) is 4.79 Å². The fourth-order valence-electron chi connectivity index (χ4n) is 2.57. The van der Waals surface area contributed by atoms with Crippen LogP contribution in [0.3, 0.4) is 0 Å². The first kappa shape index (κ1) is 20.9. The second-order valence-electron chi connectivity index (χ2n) is 8.27. The van der Waals surface area contributed by atoms with Gasteiger partial charge in [-0.2, -0.15) is 11.8 Å². The third-order valence-electron chi connectivity index (χ3n) is 3.99. The van der Waals surface area contributed by atoms with Gasteiger partial charge in [0.05, 0.1) is 12.9 Å². The number of phenols is 1.